The minimum Gasteiger partial charge on any atom is -0.339 e. The van der Waals surface area contributed by atoms with Gasteiger partial charge >= 0.3 is 0 Å². The van der Waals surface area contributed by atoms with Crippen LogP contribution < -0.4 is 10.9 Å². The Hall–Kier alpha value is -3.29. The van der Waals surface area contributed by atoms with E-state index in [0.717, 1.165) is 17.7 Å². The number of hydrogen-bond donors (Lipinski definition) is 1. The van der Waals surface area contributed by atoms with Crippen molar-refractivity contribution in [2.45, 2.75) is 53.0 Å². The highest BCUT2D eigenvalue weighted by Gasteiger charge is 2.15. The topological polar surface area (TPSA) is 103 Å². The molecule has 3 heterocycles. The summed E-state index contributed by atoms with van der Waals surface area (Å²) < 4.78 is 6.99. The first kappa shape index (κ1) is 20.4. The molecule has 1 amide bonds. The van der Waals surface area contributed by atoms with Crippen LogP contribution in [0.4, 0.5) is 5.82 Å². The fraction of sp³-hybridized carbons (Fsp3) is 0.381. The van der Waals surface area contributed by atoms with Crippen LogP contribution in [0.3, 0.4) is 0 Å². The zero-order chi connectivity index (χ0) is 20.8. The van der Waals surface area contributed by atoms with Crippen LogP contribution in [-0.2, 0) is 17.8 Å². The van der Waals surface area contributed by atoms with Gasteiger partial charge in [-0.15, -0.1) is 0 Å². The predicted octanol–water partition coefficient (Wildman–Crippen LogP) is 3.28. The first-order chi connectivity index (χ1) is 14.0. The Bertz CT molecular complexity index is 1050. The minimum absolute atomic E-state index is 0.118. The number of aryl methyl sites for hydroxylation is 3. The lowest BCUT2D eigenvalue weighted by Gasteiger charge is -2.09. The number of anilines is 1. The zero-order valence-corrected chi connectivity index (χ0v) is 16.9. The molecule has 0 atom stereocenters. The molecule has 0 unspecified atom stereocenters. The highest BCUT2D eigenvalue weighted by molar-refractivity contribution is 5.90. The SMILES string of the molecule is CCCn1c(C)ccc(-c2noc(CCCC(=O)Nc3ncccc3C)n2)c1=O. The molecule has 0 spiro atoms. The van der Waals surface area contributed by atoms with Crippen LogP contribution in [0.15, 0.2) is 39.8 Å². The molecule has 0 aliphatic carbocycles. The highest BCUT2D eigenvalue weighted by Crippen LogP contribution is 2.15. The van der Waals surface area contributed by atoms with Gasteiger partial charge in [-0.1, -0.05) is 18.1 Å². The monoisotopic (exact) mass is 395 g/mol. The van der Waals surface area contributed by atoms with E-state index < -0.39 is 0 Å². The lowest BCUT2D eigenvalue weighted by atomic mass is 10.2. The Balaban J connectivity index is 1.60. The van der Waals surface area contributed by atoms with Gasteiger partial charge in [0.15, 0.2) is 0 Å². The number of nitrogens with one attached hydrogen (secondary N) is 1. The fourth-order valence-corrected chi connectivity index (χ4v) is 3.02. The van der Waals surface area contributed by atoms with Gasteiger partial charge in [-0.25, -0.2) is 4.98 Å². The molecule has 3 aromatic rings. The van der Waals surface area contributed by atoms with E-state index in [1.54, 1.807) is 16.8 Å². The second-order valence-corrected chi connectivity index (χ2v) is 6.93. The maximum absolute atomic E-state index is 12.7. The van der Waals surface area contributed by atoms with E-state index in [9.17, 15) is 9.59 Å². The van der Waals surface area contributed by atoms with Gasteiger partial charge in [-0.05, 0) is 50.5 Å². The van der Waals surface area contributed by atoms with Gasteiger partial charge in [0.2, 0.25) is 17.6 Å². The summed E-state index contributed by atoms with van der Waals surface area (Å²) in [5.74, 6) is 1.14. The van der Waals surface area contributed by atoms with E-state index in [0.29, 0.717) is 43.1 Å². The molecule has 152 valence electrons. The molecule has 0 aliphatic heterocycles. The number of carbonyl (C=O) groups excluding carboxylic acids is 1. The molecule has 0 aliphatic rings. The largest absolute Gasteiger partial charge is 0.339 e. The summed E-state index contributed by atoms with van der Waals surface area (Å²) in [6.45, 7) is 6.46. The summed E-state index contributed by atoms with van der Waals surface area (Å²) in [6.07, 6.45) is 3.81. The molecule has 29 heavy (non-hydrogen) atoms. The van der Waals surface area contributed by atoms with E-state index in [1.807, 2.05) is 39.0 Å². The Morgan fingerprint density at radius 1 is 1.24 bits per heavy atom. The van der Waals surface area contributed by atoms with Crippen LogP contribution in [0, 0.1) is 13.8 Å². The maximum atomic E-state index is 12.7. The molecule has 3 rings (SSSR count). The lowest BCUT2D eigenvalue weighted by molar-refractivity contribution is -0.116. The molecule has 1 N–H and O–H groups in total. The quantitative estimate of drug-likeness (QED) is 0.628. The third kappa shape index (κ3) is 4.96. The Morgan fingerprint density at radius 3 is 2.83 bits per heavy atom. The van der Waals surface area contributed by atoms with Crippen molar-refractivity contribution in [1.29, 1.82) is 0 Å². The second-order valence-electron chi connectivity index (χ2n) is 6.93. The van der Waals surface area contributed by atoms with E-state index in [1.165, 1.54) is 0 Å². The van der Waals surface area contributed by atoms with Crippen molar-refractivity contribution in [2.24, 2.45) is 0 Å². The third-order valence-electron chi connectivity index (χ3n) is 4.61. The molecular weight excluding hydrogens is 370 g/mol. The van der Waals surface area contributed by atoms with E-state index in [-0.39, 0.29) is 17.3 Å². The fourth-order valence-electron chi connectivity index (χ4n) is 3.02. The normalized spacial score (nSPS) is 10.9. The minimum atomic E-state index is -0.121. The van der Waals surface area contributed by atoms with E-state index >= 15 is 0 Å². The van der Waals surface area contributed by atoms with Gasteiger partial charge in [0.05, 0.1) is 5.56 Å². The Kier molecular flexibility index (Phi) is 6.54. The lowest BCUT2D eigenvalue weighted by Crippen LogP contribution is -2.23. The molecule has 3 aromatic heterocycles. The van der Waals surface area contributed by atoms with Gasteiger partial charge in [-0.3, -0.25) is 9.59 Å². The Labute approximate surface area is 169 Å². The predicted molar refractivity (Wildman–Crippen MR) is 110 cm³/mol. The summed E-state index contributed by atoms with van der Waals surface area (Å²) in [5, 5.41) is 6.74. The van der Waals surface area contributed by atoms with Crippen molar-refractivity contribution in [3.63, 3.8) is 0 Å². The van der Waals surface area contributed by atoms with Gasteiger partial charge in [0, 0.05) is 31.3 Å². The Morgan fingerprint density at radius 2 is 2.07 bits per heavy atom. The van der Waals surface area contributed by atoms with Crippen molar-refractivity contribution in [2.75, 3.05) is 5.32 Å². The number of amides is 1. The van der Waals surface area contributed by atoms with Crippen molar-refractivity contribution < 1.29 is 9.32 Å². The molecule has 0 fully saturated rings. The third-order valence-corrected chi connectivity index (χ3v) is 4.61. The van der Waals surface area contributed by atoms with Crippen molar-refractivity contribution in [3.8, 4) is 11.4 Å². The van der Waals surface area contributed by atoms with Crippen LogP contribution >= 0.6 is 0 Å². The van der Waals surface area contributed by atoms with Gasteiger partial charge in [0.1, 0.15) is 5.82 Å². The molecule has 8 nitrogen and oxygen atoms in total. The summed E-state index contributed by atoms with van der Waals surface area (Å²) in [4.78, 5) is 33.3. The summed E-state index contributed by atoms with van der Waals surface area (Å²) in [5.41, 5.74) is 2.11. The molecule has 0 radical (unpaired) electrons. The van der Waals surface area contributed by atoms with Crippen LogP contribution in [-0.4, -0.2) is 25.6 Å². The van der Waals surface area contributed by atoms with Crippen molar-refractivity contribution in [1.82, 2.24) is 19.7 Å². The van der Waals surface area contributed by atoms with Crippen LogP contribution in [0.2, 0.25) is 0 Å². The van der Waals surface area contributed by atoms with Gasteiger partial charge in [-0.2, -0.15) is 4.98 Å². The smallest absolute Gasteiger partial charge is 0.261 e. The van der Waals surface area contributed by atoms with Gasteiger partial charge < -0.3 is 14.4 Å². The number of carbonyl (C=O) groups is 1. The van der Waals surface area contributed by atoms with E-state index in [4.69, 9.17) is 4.52 Å². The highest BCUT2D eigenvalue weighted by atomic mass is 16.5. The summed E-state index contributed by atoms with van der Waals surface area (Å²) in [6, 6.07) is 7.32. The summed E-state index contributed by atoms with van der Waals surface area (Å²) in [7, 11) is 0. The standard InChI is InChI=1S/C21H25N5O3/c1-4-13-26-15(3)10-11-16(21(26)28)20-24-18(29-25-20)9-5-8-17(27)23-19-14(2)7-6-12-22-19/h6-7,10-12H,4-5,8-9,13H2,1-3H3,(H,22,23,27). The first-order valence-electron chi connectivity index (χ1n) is 9.74. The molecule has 0 aromatic carbocycles. The van der Waals surface area contributed by atoms with Crippen LogP contribution in [0.25, 0.3) is 11.4 Å². The van der Waals surface area contributed by atoms with Crippen molar-refractivity contribution >= 4 is 11.7 Å². The molecular formula is C21H25N5O3. The average Bonchev–Trinajstić information content (AvgIpc) is 3.15. The zero-order valence-electron chi connectivity index (χ0n) is 16.9. The van der Waals surface area contributed by atoms with E-state index in [2.05, 4.69) is 20.4 Å². The number of pyridine rings is 2. The van der Waals surface area contributed by atoms with Crippen molar-refractivity contribution in [3.05, 3.63) is 58.0 Å². The first-order valence-corrected chi connectivity index (χ1v) is 9.74. The summed E-state index contributed by atoms with van der Waals surface area (Å²) >= 11 is 0. The van der Waals surface area contributed by atoms with Gasteiger partial charge in [0.25, 0.3) is 5.56 Å². The second kappa shape index (κ2) is 9.27. The number of hydrogen-bond acceptors (Lipinski definition) is 6. The number of aromatic nitrogens is 4. The molecule has 0 bridgehead atoms. The van der Waals surface area contributed by atoms with Crippen LogP contribution in [0.5, 0.6) is 0 Å². The average molecular weight is 395 g/mol. The maximum Gasteiger partial charge on any atom is 0.261 e. The molecule has 0 saturated heterocycles. The molecule has 8 heteroatoms. The number of nitrogens with zero attached hydrogens (tertiary/aromatic N) is 4. The molecule has 0 saturated carbocycles. The van der Waals surface area contributed by atoms with Crippen LogP contribution in [0.1, 0.15) is 43.3 Å². The number of rotatable bonds is 8.